The third-order valence-corrected chi connectivity index (χ3v) is 5.26. The molecular formula is C24H31ClN2O3. The summed E-state index contributed by atoms with van der Waals surface area (Å²) in [5, 5.41) is 0. The lowest BCUT2D eigenvalue weighted by Gasteiger charge is -2.34. The Kier molecular flexibility index (Phi) is 9.87. The number of carbonyl (C=O) groups is 1. The minimum absolute atomic E-state index is 0. The summed E-state index contributed by atoms with van der Waals surface area (Å²) in [4.78, 5) is 17.1. The first-order valence-corrected chi connectivity index (χ1v) is 10.1. The number of benzene rings is 2. The van der Waals surface area contributed by atoms with E-state index in [-0.39, 0.29) is 18.2 Å². The van der Waals surface area contributed by atoms with Crippen LogP contribution in [0.2, 0.25) is 0 Å². The molecule has 1 saturated heterocycles. The van der Waals surface area contributed by atoms with Gasteiger partial charge in [0, 0.05) is 45.7 Å². The molecule has 30 heavy (non-hydrogen) atoms. The second-order valence-electron chi connectivity index (χ2n) is 7.27. The Bertz CT molecular complexity index is 818. The Labute approximate surface area is 185 Å². The van der Waals surface area contributed by atoms with Crippen LogP contribution < -0.4 is 9.47 Å². The molecule has 0 radical (unpaired) electrons. The number of hydrogen-bond acceptors (Lipinski definition) is 5. The highest BCUT2D eigenvalue weighted by atomic mass is 35.5. The van der Waals surface area contributed by atoms with E-state index < -0.39 is 0 Å². The molecule has 1 aliphatic rings. The zero-order valence-electron chi connectivity index (χ0n) is 17.8. The van der Waals surface area contributed by atoms with Crippen molar-refractivity contribution in [3.8, 4) is 11.5 Å². The van der Waals surface area contributed by atoms with Crippen LogP contribution in [-0.2, 0) is 11.3 Å². The SMILES string of the molecule is COc1ccc(C=CC(=O)CCN2CCN(Cc3ccccc3)CC2)cc1OC.Cl. The molecule has 0 aliphatic carbocycles. The maximum Gasteiger partial charge on any atom is 0.161 e. The highest BCUT2D eigenvalue weighted by Crippen LogP contribution is 2.28. The maximum atomic E-state index is 12.3. The van der Waals surface area contributed by atoms with Gasteiger partial charge < -0.3 is 14.4 Å². The summed E-state index contributed by atoms with van der Waals surface area (Å²) >= 11 is 0. The highest BCUT2D eigenvalue weighted by molar-refractivity contribution is 5.93. The standard InChI is InChI=1S/C24H30N2O3.ClH/c1-28-23-11-9-20(18-24(23)29-2)8-10-22(27)12-13-25-14-16-26(17-15-25)19-21-6-4-3-5-7-21;/h3-11,18H,12-17,19H2,1-2H3;1H. The molecule has 1 heterocycles. The van der Waals surface area contributed by atoms with E-state index in [1.165, 1.54) is 5.56 Å². The topological polar surface area (TPSA) is 42.0 Å². The Morgan fingerprint density at radius 1 is 0.933 bits per heavy atom. The molecule has 0 aromatic heterocycles. The van der Waals surface area contributed by atoms with Crippen molar-refractivity contribution >= 4 is 24.3 Å². The monoisotopic (exact) mass is 430 g/mol. The molecule has 0 amide bonds. The summed E-state index contributed by atoms with van der Waals surface area (Å²) in [5.74, 6) is 1.49. The van der Waals surface area contributed by atoms with Crippen LogP contribution in [0.1, 0.15) is 17.5 Å². The molecule has 6 heteroatoms. The summed E-state index contributed by atoms with van der Waals surface area (Å²) in [5.41, 5.74) is 2.28. The molecule has 2 aromatic carbocycles. The van der Waals surface area contributed by atoms with Crippen LogP contribution in [0.4, 0.5) is 0 Å². The van der Waals surface area contributed by atoms with Crippen molar-refractivity contribution in [2.24, 2.45) is 0 Å². The molecule has 0 spiro atoms. The lowest BCUT2D eigenvalue weighted by atomic mass is 10.1. The van der Waals surface area contributed by atoms with Crippen LogP contribution >= 0.6 is 12.4 Å². The van der Waals surface area contributed by atoms with Gasteiger partial charge in [-0.05, 0) is 29.3 Å². The van der Waals surface area contributed by atoms with Gasteiger partial charge in [0.1, 0.15) is 0 Å². The zero-order valence-corrected chi connectivity index (χ0v) is 18.6. The van der Waals surface area contributed by atoms with E-state index in [9.17, 15) is 4.79 Å². The Balaban J connectivity index is 0.00000320. The van der Waals surface area contributed by atoms with Crippen molar-refractivity contribution in [2.45, 2.75) is 13.0 Å². The summed E-state index contributed by atoms with van der Waals surface area (Å²) in [6.45, 7) is 5.93. The van der Waals surface area contributed by atoms with Gasteiger partial charge in [-0.2, -0.15) is 0 Å². The summed E-state index contributed by atoms with van der Waals surface area (Å²) in [7, 11) is 3.22. The number of ketones is 1. The number of carbonyl (C=O) groups excluding carboxylic acids is 1. The van der Waals surface area contributed by atoms with Crippen LogP contribution in [0, 0.1) is 0 Å². The predicted octanol–water partition coefficient (Wildman–Crippen LogP) is 3.92. The smallest absolute Gasteiger partial charge is 0.161 e. The number of piperazine rings is 1. The van der Waals surface area contributed by atoms with E-state index in [1.807, 2.05) is 24.3 Å². The Hall–Kier alpha value is -2.34. The Morgan fingerprint density at radius 3 is 2.27 bits per heavy atom. The van der Waals surface area contributed by atoms with E-state index in [2.05, 4.69) is 40.1 Å². The van der Waals surface area contributed by atoms with Gasteiger partial charge in [0.05, 0.1) is 14.2 Å². The van der Waals surface area contributed by atoms with E-state index in [4.69, 9.17) is 9.47 Å². The summed E-state index contributed by atoms with van der Waals surface area (Å²) < 4.78 is 10.5. The molecule has 0 atom stereocenters. The van der Waals surface area contributed by atoms with Crippen LogP contribution in [0.25, 0.3) is 6.08 Å². The average Bonchev–Trinajstić information content (AvgIpc) is 2.77. The molecule has 5 nitrogen and oxygen atoms in total. The van der Waals surface area contributed by atoms with Gasteiger partial charge in [-0.3, -0.25) is 9.69 Å². The Morgan fingerprint density at radius 2 is 1.60 bits per heavy atom. The van der Waals surface area contributed by atoms with E-state index in [0.29, 0.717) is 17.9 Å². The number of nitrogens with zero attached hydrogens (tertiary/aromatic N) is 2. The van der Waals surface area contributed by atoms with Crippen LogP contribution in [0.3, 0.4) is 0 Å². The summed E-state index contributed by atoms with van der Waals surface area (Å²) in [6, 6.07) is 16.2. The fraction of sp³-hybridized carbons (Fsp3) is 0.375. The fourth-order valence-electron chi connectivity index (χ4n) is 3.51. The molecule has 0 saturated carbocycles. The minimum Gasteiger partial charge on any atom is -0.493 e. The van der Waals surface area contributed by atoms with Crippen molar-refractivity contribution in [1.82, 2.24) is 9.80 Å². The van der Waals surface area contributed by atoms with Crippen molar-refractivity contribution in [2.75, 3.05) is 46.9 Å². The van der Waals surface area contributed by atoms with Gasteiger partial charge in [0.2, 0.25) is 0 Å². The van der Waals surface area contributed by atoms with E-state index >= 15 is 0 Å². The first kappa shape index (κ1) is 23.9. The van der Waals surface area contributed by atoms with Crippen LogP contribution in [-0.4, -0.2) is 62.5 Å². The third-order valence-electron chi connectivity index (χ3n) is 5.26. The third kappa shape index (κ3) is 7.17. The zero-order chi connectivity index (χ0) is 20.5. The van der Waals surface area contributed by atoms with Crippen LogP contribution in [0.15, 0.2) is 54.6 Å². The van der Waals surface area contributed by atoms with Gasteiger partial charge in [-0.15, -0.1) is 12.4 Å². The molecule has 1 aliphatic heterocycles. The maximum absolute atomic E-state index is 12.3. The number of hydrogen-bond donors (Lipinski definition) is 0. The van der Waals surface area contributed by atoms with Crippen molar-refractivity contribution < 1.29 is 14.3 Å². The first-order chi connectivity index (χ1) is 14.2. The van der Waals surface area contributed by atoms with Gasteiger partial charge in [0.25, 0.3) is 0 Å². The summed E-state index contributed by atoms with van der Waals surface area (Å²) in [6.07, 6.45) is 4.04. The van der Waals surface area contributed by atoms with Gasteiger partial charge in [-0.25, -0.2) is 0 Å². The molecule has 162 valence electrons. The minimum atomic E-state index is 0. The van der Waals surface area contributed by atoms with Gasteiger partial charge in [-0.1, -0.05) is 42.5 Å². The molecule has 1 fully saturated rings. The number of rotatable bonds is 9. The lowest BCUT2D eigenvalue weighted by Crippen LogP contribution is -2.46. The molecule has 0 N–H and O–H groups in total. The van der Waals surface area contributed by atoms with Crippen LogP contribution in [0.5, 0.6) is 11.5 Å². The molecule has 3 rings (SSSR count). The normalized spacial score (nSPS) is 15.0. The second kappa shape index (κ2) is 12.4. The van der Waals surface area contributed by atoms with E-state index in [0.717, 1.165) is 44.8 Å². The fourth-order valence-corrected chi connectivity index (χ4v) is 3.51. The van der Waals surface area contributed by atoms with Crippen molar-refractivity contribution in [3.05, 3.63) is 65.7 Å². The molecular weight excluding hydrogens is 400 g/mol. The molecule has 0 unspecified atom stereocenters. The predicted molar refractivity (Wildman–Crippen MR) is 124 cm³/mol. The molecule has 0 bridgehead atoms. The number of methoxy groups -OCH3 is 2. The van der Waals surface area contributed by atoms with Crippen molar-refractivity contribution in [3.63, 3.8) is 0 Å². The average molecular weight is 431 g/mol. The highest BCUT2D eigenvalue weighted by Gasteiger charge is 2.17. The quantitative estimate of drug-likeness (QED) is 0.564. The number of halogens is 1. The van der Waals surface area contributed by atoms with Gasteiger partial charge in [0.15, 0.2) is 17.3 Å². The first-order valence-electron chi connectivity index (χ1n) is 10.1. The second-order valence-corrected chi connectivity index (χ2v) is 7.27. The van der Waals surface area contributed by atoms with Crippen molar-refractivity contribution in [1.29, 1.82) is 0 Å². The number of allylic oxidation sites excluding steroid dienone is 1. The van der Waals surface area contributed by atoms with E-state index in [1.54, 1.807) is 20.3 Å². The lowest BCUT2D eigenvalue weighted by molar-refractivity contribution is -0.114. The van der Waals surface area contributed by atoms with Gasteiger partial charge >= 0.3 is 0 Å². The molecule has 2 aromatic rings. The number of ether oxygens (including phenoxy) is 2. The largest absolute Gasteiger partial charge is 0.493 e.